The van der Waals surface area contributed by atoms with E-state index in [-0.39, 0.29) is 5.91 Å². The second kappa shape index (κ2) is 5.57. The topological polar surface area (TPSA) is 46.3 Å². The van der Waals surface area contributed by atoms with Gasteiger partial charge in [0.15, 0.2) is 0 Å². The minimum atomic E-state index is 0.219. The molecular formula is C17H24N2O. The fourth-order valence-electron chi connectivity index (χ4n) is 3.87. The van der Waals surface area contributed by atoms with Gasteiger partial charge in [0.25, 0.3) is 0 Å². The summed E-state index contributed by atoms with van der Waals surface area (Å²) in [7, 11) is 1.87. The Kier molecular flexibility index (Phi) is 3.79. The first-order valence-corrected chi connectivity index (χ1v) is 7.80. The number of hydrogen-bond acceptors (Lipinski definition) is 2. The molecule has 108 valence electrons. The lowest BCUT2D eigenvalue weighted by atomic mass is 9.83. The van der Waals surface area contributed by atoms with Gasteiger partial charge in [0.1, 0.15) is 0 Å². The molecule has 3 nitrogen and oxygen atoms in total. The van der Waals surface area contributed by atoms with Crippen LogP contribution in [0.2, 0.25) is 0 Å². The third-order valence-corrected chi connectivity index (χ3v) is 5.10. The number of aryl methyl sites for hydroxylation is 1. The number of fused-ring (bicyclic) bond motifs is 1. The molecule has 1 amide bonds. The van der Waals surface area contributed by atoms with Gasteiger partial charge in [-0.15, -0.1) is 0 Å². The van der Waals surface area contributed by atoms with E-state index in [4.69, 9.17) is 5.73 Å². The number of nitrogens with zero attached hydrogens (tertiary/aromatic N) is 1. The molecule has 0 aromatic heterocycles. The summed E-state index contributed by atoms with van der Waals surface area (Å²) in [4.78, 5) is 13.5. The lowest BCUT2D eigenvalue weighted by Gasteiger charge is -2.28. The number of rotatable bonds is 3. The maximum atomic E-state index is 11.7. The van der Waals surface area contributed by atoms with Crippen molar-refractivity contribution in [3.05, 3.63) is 29.3 Å². The van der Waals surface area contributed by atoms with Crippen molar-refractivity contribution in [1.29, 1.82) is 0 Å². The highest BCUT2D eigenvalue weighted by Gasteiger charge is 2.27. The summed E-state index contributed by atoms with van der Waals surface area (Å²) < 4.78 is 0. The minimum Gasteiger partial charge on any atom is -0.330 e. The Balaban J connectivity index is 1.89. The first-order chi connectivity index (χ1) is 9.70. The maximum Gasteiger partial charge on any atom is 0.227 e. The Morgan fingerprint density at radius 3 is 2.75 bits per heavy atom. The molecule has 0 spiro atoms. The Morgan fingerprint density at radius 1 is 1.30 bits per heavy atom. The van der Waals surface area contributed by atoms with Gasteiger partial charge in [0.2, 0.25) is 5.91 Å². The van der Waals surface area contributed by atoms with Gasteiger partial charge in [-0.05, 0) is 54.8 Å². The van der Waals surface area contributed by atoms with Gasteiger partial charge in [-0.2, -0.15) is 0 Å². The van der Waals surface area contributed by atoms with Crippen LogP contribution in [0, 0.1) is 5.92 Å². The zero-order chi connectivity index (χ0) is 14.1. The fraction of sp³-hybridized carbons (Fsp3) is 0.588. The molecule has 2 N–H and O–H groups in total. The molecule has 1 unspecified atom stereocenters. The van der Waals surface area contributed by atoms with Gasteiger partial charge in [-0.25, -0.2) is 0 Å². The number of carbonyl (C=O) groups excluding carboxylic acids is 1. The van der Waals surface area contributed by atoms with Crippen LogP contribution in [0.25, 0.3) is 0 Å². The van der Waals surface area contributed by atoms with Crippen molar-refractivity contribution in [2.45, 2.75) is 44.4 Å². The average Bonchev–Trinajstić information content (AvgIpc) is 2.98. The van der Waals surface area contributed by atoms with Crippen molar-refractivity contribution in [1.82, 2.24) is 0 Å². The molecule has 2 aliphatic rings. The number of hydrogen-bond donors (Lipinski definition) is 1. The quantitative estimate of drug-likeness (QED) is 0.919. The first kappa shape index (κ1) is 13.6. The van der Waals surface area contributed by atoms with E-state index in [0.717, 1.165) is 24.6 Å². The lowest BCUT2D eigenvalue weighted by Crippen LogP contribution is -2.31. The molecule has 1 heterocycles. The second-order valence-electron chi connectivity index (χ2n) is 6.23. The molecule has 1 aliphatic carbocycles. The normalized spacial score (nSPS) is 21.1. The smallest absolute Gasteiger partial charge is 0.227 e. The zero-order valence-electron chi connectivity index (χ0n) is 12.3. The number of nitrogens with two attached hydrogens (primary N) is 1. The molecule has 3 rings (SSSR count). The Bertz CT molecular complexity index is 506. The highest BCUT2D eigenvalue weighted by atomic mass is 16.2. The van der Waals surface area contributed by atoms with E-state index in [1.54, 1.807) is 4.90 Å². The summed E-state index contributed by atoms with van der Waals surface area (Å²) in [6.45, 7) is 0.734. The van der Waals surface area contributed by atoms with Crippen LogP contribution in [0.1, 0.15) is 49.1 Å². The van der Waals surface area contributed by atoms with Gasteiger partial charge >= 0.3 is 0 Å². The van der Waals surface area contributed by atoms with Crippen LogP contribution in [0.4, 0.5) is 5.69 Å². The predicted octanol–water partition coefficient (Wildman–Crippen LogP) is 2.83. The van der Waals surface area contributed by atoms with Crippen molar-refractivity contribution in [3.8, 4) is 0 Å². The number of amides is 1. The van der Waals surface area contributed by atoms with Crippen LogP contribution in [0.3, 0.4) is 0 Å². The standard InChI is InChI=1S/C17H24N2O/c1-19-16-8-6-13(10-14(16)7-9-17(19)20)15(11-18)12-4-2-3-5-12/h6,8,10,12,15H,2-5,7,9,11,18H2,1H3. The zero-order valence-corrected chi connectivity index (χ0v) is 12.3. The first-order valence-electron chi connectivity index (χ1n) is 7.80. The van der Waals surface area contributed by atoms with Crippen LogP contribution < -0.4 is 10.6 Å². The van der Waals surface area contributed by atoms with E-state index in [2.05, 4.69) is 18.2 Å². The van der Waals surface area contributed by atoms with E-state index in [9.17, 15) is 4.79 Å². The monoisotopic (exact) mass is 272 g/mol. The molecule has 1 aromatic rings. The van der Waals surface area contributed by atoms with Gasteiger partial charge in [0.05, 0.1) is 0 Å². The molecule has 3 heteroatoms. The highest BCUT2D eigenvalue weighted by molar-refractivity contribution is 5.95. The number of anilines is 1. The van der Waals surface area contributed by atoms with Crippen LogP contribution in [-0.2, 0) is 11.2 Å². The maximum absolute atomic E-state index is 11.7. The van der Waals surface area contributed by atoms with Crippen LogP contribution in [0.5, 0.6) is 0 Å². The largest absolute Gasteiger partial charge is 0.330 e. The van der Waals surface area contributed by atoms with Crippen molar-refractivity contribution in [2.75, 3.05) is 18.5 Å². The summed E-state index contributed by atoms with van der Waals surface area (Å²) in [5.41, 5.74) is 9.80. The molecule has 1 atom stereocenters. The highest BCUT2D eigenvalue weighted by Crippen LogP contribution is 2.38. The van der Waals surface area contributed by atoms with Gasteiger partial charge < -0.3 is 10.6 Å². The summed E-state index contributed by atoms with van der Waals surface area (Å²) in [6, 6.07) is 6.59. The van der Waals surface area contributed by atoms with Crippen molar-refractivity contribution in [2.24, 2.45) is 11.7 Å². The van der Waals surface area contributed by atoms with Gasteiger partial charge in [-0.1, -0.05) is 25.0 Å². The minimum absolute atomic E-state index is 0.219. The third kappa shape index (κ3) is 2.35. The van der Waals surface area contributed by atoms with Crippen molar-refractivity contribution < 1.29 is 4.79 Å². The molecule has 1 fully saturated rings. The van der Waals surface area contributed by atoms with E-state index >= 15 is 0 Å². The number of benzene rings is 1. The Hall–Kier alpha value is -1.35. The summed E-state index contributed by atoms with van der Waals surface area (Å²) >= 11 is 0. The molecule has 1 saturated carbocycles. The molecule has 1 aliphatic heterocycles. The molecular weight excluding hydrogens is 248 g/mol. The molecule has 1 aromatic carbocycles. The molecule has 0 bridgehead atoms. The molecule has 20 heavy (non-hydrogen) atoms. The third-order valence-electron chi connectivity index (χ3n) is 5.10. The average molecular weight is 272 g/mol. The van der Waals surface area contributed by atoms with E-state index < -0.39 is 0 Å². The lowest BCUT2D eigenvalue weighted by molar-refractivity contribution is -0.118. The van der Waals surface area contributed by atoms with E-state index in [1.165, 1.54) is 36.8 Å². The van der Waals surface area contributed by atoms with Crippen LogP contribution in [-0.4, -0.2) is 19.5 Å². The van der Waals surface area contributed by atoms with Crippen molar-refractivity contribution in [3.63, 3.8) is 0 Å². The van der Waals surface area contributed by atoms with Crippen molar-refractivity contribution >= 4 is 11.6 Å². The predicted molar refractivity (Wildman–Crippen MR) is 81.9 cm³/mol. The van der Waals surface area contributed by atoms with Gasteiger partial charge in [-0.3, -0.25) is 4.79 Å². The second-order valence-corrected chi connectivity index (χ2v) is 6.23. The Morgan fingerprint density at radius 2 is 2.05 bits per heavy atom. The molecule has 0 saturated heterocycles. The van der Waals surface area contributed by atoms with Crippen LogP contribution >= 0.6 is 0 Å². The summed E-state index contributed by atoms with van der Waals surface area (Å²) in [6.07, 6.45) is 6.83. The summed E-state index contributed by atoms with van der Waals surface area (Å²) in [5, 5.41) is 0. The van der Waals surface area contributed by atoms with Crippen LogP contribution in [0.15, 0.2) is 18.2 Å². The number of carbonyl (C=O) groups is 1. The molecule has 0 radical (unpaired) electrons. The summed E-state index contributed by atoms with van der Waals surface area (Å²) in [5.74, 6) is 1.46. The Labute approximate surface area is 121 Å². The SMILES string of the molecule is CN1C(=O)CCc2cc(C(CN)C3CCCC3)ccc21. The van der Waals surface area contributed by atoms with E-state index in [1.807, 2.05) is 7.05 Å². The fourth-order valence-corrected chi connectivity index (χ4v) is 3.87. The van der Waals surface area contributed by atoms with E-state index in [0.29, 0.717) is 12.3 Å². The van der Waals surface area contributed by atoms with Gasteiger partial charge in [0, 0.05) is 19.2 Å².